The molecule has 1 N–H and O–H groups in total. The molecule has 2 aromatic rings. The van der Waals surface area contributed by atoms with Crippen molar-refractivity contribution in [1.82, 2.24) is 25.0 Å². The number of esters is 1. The Morgan fingerprint density at radius 3 is 2.58 bits per heavy atom. The molecule has 4 heterocycles. The zero-order valence-electron chi connectivity index (χ0n) is 25.1. The number of piperazine rings is 1. The number of fused-ring (bicyclic) bond motifs is 1. The Morgan fingerprint density at radius 2 is 1.95 bits per heavy atom. The minimum absolute atomic E-state index is 0.0175. The van der Waals surface area contributed by atoms with Crippen LogP contribution >= 0.6 is 11.3 Å². The van der Waals surface area contributed by atoms with E-state index in [1.165, 1.54) is 31.4 Å². The number of carbonyl (C=O) groups excluding carboxylic acids is 3. The summed E-state index contributed by atoms with van der Waals surface area (Å²) in [6.45, 7) is 10.5. The Kier molecular flexibility index (Phi) is 8.41. The second-order valence-electron chi connectivity index (χ2n) is 11.9. The Bertz CT molecular complexity index is 1500. The van der Waals surface area contributed by atoms with Crippen LogP contribution in [0.5, 0.6) is 0 Å². The van der Waals surface area contributed by atoms with Crippen LogP contribution in [0.25, 0.3) is 0 Å². The normalized spacial score (nSPS) is 22.8. The summed E-state index contributed by atoms with van der Waals surface area (Å²) in [5.41, 5.74) is 0.454. The number of nitrogens with zero attached hydrogens (tertiary/aromatic N) is 5. The van der Waals surface area contributed by atoms with E-state index < -0.39 is 35.2 Å². The highest BCUT2D eigenvalue weighted by Gasteiger charge is 2.51. The van der Waals surface area contributed by atoms with Gasteiger partial charge in [-0.1, -0.05) is 13.0 Å². The highest BCUT2D eigenvalue weighted by Crippen LogP contribution is 2.37. The number of amides is 2. The van der Waals surface area contributed by atoms with Gasteiger partial charge in [-0.05, 0) is 44.9 Å². The van der Waals surface area contributed by atoms with Crippen LogP contribution in [0, 0.1) is 18.6 Å². The zero-order valence-corrected chi connectivity index (χ0v) is 25.9. The highest BCUT2D eigenvalue weighted by molar-refractivity contribution is 7.11. The third-order valence-corrected chi connectivity index (χ3v) is 9.10. The summed E-state index contributed by atoms with van der Waals surface area (Å²) < 4.78 is 34.1. The van der Waals surface area contributed by atoms with E-state index in [1.807, 2.05) is 25.7 Å². The fourth-order valence-corrected chi connectivity index (χ4v) is 6.68. The first-order valence-corrected chi connectivity index (χ1v) is 15.1. The summed E-state index contributed by atoms with van der Waals surface area (Å²) >= 11 is 1.33. The molecular formula is C30H36F2N6O4S. The monoisotopic (exact) mass is 614 g/mol. The minimum Gasteiger partial charge on any atom is -0.466 e. The van der Waals surface area contributed by atoms with Crippen molar-refractivity contribution in [2.75, 3.05) is 33.3 Å². The van der Waals surface area contributed by atoms with Crippen LogP contribution in [-0.4, -0.2) is 94.2 Å². The number of Topliss-reactive ketones (excluding diaryl/α,β-unsaturated/α-hetero) is 1. The third-order valence-electron chi connectivity index (χ3n) is 8.32. The summed E-state index contributed by atoms with van der Waals surface area (Å²) in [5, 5.41) is 5.58. The number of ketones is 1. The van der Waals surface area contributed by atoms with Gasteiger partial charge in [0.05, 0.1) is 24.8 Å². The molecule has 43 heavy (non-hydrogen) atoms. The van der Waals surface area contributed by atoms with Gasteiger partial charge in [0.15, 0.2) is 28.3 Å². The first-order valence-electron chi connectivity index (χ1n) is 14.2. The summed E-state index contributed by atoms with van der Waals surface area (Å²) in [5.74, 6) is -2.37. The number of amidine groups is 1. The van der Waals surface area contributed by atoms with Crippen molar-refractivity contribution >= 4 is 35.0 Å². The molecule has 2 fully saturated rings. The number of ether oxygens (including phenoxy) is 1. The number of nitrogens with one attached hydrogen (secondary N) is 1. The number of methoxy groups -OCH3 is 1. The van der Waals surface area contributed by atoms with Crippen LogP contribution in [0.2, 0.25) is 0 Å². The van der Waals surface area contributed by atoms with Gasteiger partial charge in [0.1, 0.15) is 6.04 Å². The number of thiazole rings is 1. The van der Waals surface area contributed by atoms with Crippen LogP contribution in [-0.2, 0) is 14.3 Å². The number of halogens is 2. The van der Waals surface area contributed by atoms with Crippen LogP contribution in [0.3, 0.4) is 0 Å². The lowest BCUT2D eigenvalue weighted by Crippen LogP contribution is -2.62. The van der Waals surface area contributed by atoms with Crippen LogP contribution in [0.4, 0.5) is 13.6 Å². The molecule has 0 saturated carbocycles. The predicted molar refractivity (Wildman–Crippen MR) is 158 cm³/mol. The standard InChI is InChI=1S/C30H36F2N6O4S/c1-7-21(39)25-20-15-38(30(3,4)5)29(41)37(20)12-11-36(25)14-19-22(28(40)42-6)24(17-8-9-18(31)23(32)16(17)2)35-26(34-19)27-33-10-13-43-27/h8-10,13,20,24-25H,7,11-12,14-15H2,1-6H3,(H,34,35)/t20-,24+,25+/m1/s1. The number of hydrogen-bond donors (Lipinski definition) is 1. The highest BCUT2D eigenvalue weighted by atomic mass is 32.1. The Labute approximate surface area is 253 Å². The predicted octanol–water partition coefficient (Wildman–Crippen LogP) is 3.82. The SMILES string of the molecule is CCC(=O)[C@@H]1[C@H]2CN(C(C)(C)C)C(=O)N2CCN1CC1=C(C(=O)OC)[C@H](c2ccc(F)c(F)c2C)N=C(c2nccs2)N1. The molecule has 0 unspecified atom stereocenters. The Hall–Kier alpha value is -3.71. The van der Waals surface area contributed by atoms with E-state index in [0.29, 0.717) is 41.7 Å². The van der Waals surface area contributed by atoms with E-state index in [2.05, 4.69) is 10.3 Å². The summed E-state index contributed by atoms with van der Waals surface area (Å²) in [7, 11) is 1.25. The van der Waals surface area contributed by atoms with Crippen molar-refractivity contribution < 1.29 is 27.9 Å². The van der Waals surface area contributed by atoms with E-state index >= 15 is 0 Å². The van der Waals surface area contributed by atoms with Crippen molar-refractivity contribution in [3.8, 4) is 0 Å². The lowest BCUT2D eigenvalue weighted by Gasteiger charge is -2.43. The van der Waals surface area contributed by atoms with E-state index in [4.69, 9.17) is 9.73 Å². The molecule has 0 radical (unpaired) electrons. The largest absolute Gasteiger partial charge is 0.466 e. The van der Waals surface area contributed by atoms with Crippen molar-refractivity contribution in [1.29, 1.82) is 0 Å². The van der Waals surface area contributed by atoms with E-state index in [9.17, 15) is 23.2 Å². The average Bonchev–Trinajstić information content (AvgIpc) is 3.63. The molecule has 3 aliphatic heterocycles. The number of aromatic nitrogens is 1. The second-order valence-corrected chi connectivity index (χ2v) is 12.8. The fraction of sp³-hybridized carbons (Fsp3) is 0.500. The van der Waals surface area contributed by atoms with Crippen LogP contribution in [0.15, 0.2) is 40.0 Å². The van der Waals surface area contributed by atoms with Gasteiger partial charge in [-0.3, -0.25) is 14.7 Å². The molecule has 2 amide bonds. The summed E-state index contributed by atoms with van der Waals surface area (Å²) in [6, 6.07) is 0.330. The maximum atomic E-state index is 14.8. The lowest BCUT2D eigenvalue weighted by molar-refractivity contribution is -0.136. The van der Waals surface area contributed by atoms with Crippen molar-refractivity contribution in [3.63, 3.8) is 0 Å². The van der Waals surface area contributed by atoms with E-state index in [-0.39, 0.29) is 42.0 Å². The van der Waals surface area contributed by atoms with E-state index in [0.717, 1.165) is 6.07 Å². The summed E-state index contributed by atoms with van der Waals surface area (Å²) in [4.78, 5) is 54.9. The van der Waals surface area contributed by atoms with Gasteiger partial charge in [-0.15, -0.1) is 11.3 Å². The zero-order chi connectivity index (χ0) is 31.2. The van der Waals surface area contributed by atoms with Gasteiger partial charge in [0.2, 0.25) is 0 Å². The van der Waals surface area contributed by atoms with Gasteiger partial charge in [-0.25, -0.2) is 23.4 Å². The molecule has 3 aliphatic rings. The van der Waals surface area contributed by atoms with Crippen molar-refractivity contribution in [3.05, 3.63) is 62.7 Å². The molecule has 0 bridgehead atoms. The number of carbonyl (C=O) groups is 3. The smallest absolute Gasteiger partial charge is 0.338 e. The lowest BCUT2D eigenvalue weighted by atomic mass is 9.91. The molecule has 1 aromatic carbocycles. The van der Waals surface area contributed by atoms with Crippen molar-refractivity contribution in [2.24, 2.45) is 4.99 Å². The fourth-order valence-electron chi connectivity index (χ4n) is 6.09. The maximum absolute atomic E-state index is 14.8. The molecular weight excluding hydrogens is 578 g/mol. The Morgan fingerprint density at radius 1 is 1.21 bits per heavy atom. The molecule has 3 atom stereocenters. The van der Waals surface area contributed by atoms with Gasteiger partial charge in [0, 0.05) is 55.4 Å². The first-order chi connectivity index (χ1) is 20.4. The first kappa shape index (κ1) is 30.7. The van der Waals surface area contributed by atoms with Crippen LogP contribution < -0.4 is 5.32 Å². The van der Waals surface area contributed by atoms with Crippen molar-refractivity contribution in [2.45, 2.75) is 64.7 Å². The third kappa shape index (κ3) is 5.55. The molecule has 13 heteroatoms. The molecule has 10 nitrogen and oxygen atoms in total. The van der Waals surface area contributed by atoms with Gasteiger partial charge < -0.3 is 19.9 Å². The number of benzene rings is 1. The molecule has 230 valence electrons. The number of urea groups is 1. The average molecular weight is 615 g/mol. The number of aliphatic imine (C=N–C) groups is 1. The number of rotatable bonds is 7. The number of hydrogen-bond acceptors (Lipinski definition) is 9. The van der Waals surface area contributed by atoms with Gasteiger partial charge in [0.25, 0.3) is 0 Å². The van der Waals surface area contributed by atoms with Crippen LogP contribution in [0.1, 0.15) is 56.3 Å². The summed E-state index contributed by atoms with van der Waals surface area (Å²) in [6.07, 6.45) is 1.89. The van der Waals surface area contributed by atoms with Gasteiger partial charge in [-0.2, -0.15) is 0 Å². The topological polar surface area (TPSA) is 107 Å². The second kappa shape index (κ2) is 11.8. The molecule has 1 aromatic heterocycles. The minimum atomic E-state index is -1.02. The Balaban J connectivity index is 1.60. The molecule has 0 spiro atoms. The maximum Gasteiger partial charge on any atom is 0.338 e. The quantitative estimate of drug-likeness (QED) is 0.473. The van der Waals surface area contributed by atoms with Gasteiger partial charge >= 0.3 is 12.0 Å². The molecule has 5 rings (SSSR count). The van der Waals surface area contributed by atoms with E-state index in [1.54, 1.807) is 28.3 Å². The molecule has 0 aliphatic carbocycles. The molecule has 2 saturated heterocycles.